The molecule has 3 rings (SSSR count). The minimum Gasteiger partial charge on any atom is -0.493 e. The van der Waals surface area contributed by atoms with Crippen molar-refractivity contribution in [2.24, 2.45) is 0 Å². The maximum absolute atomic E-state index is 12.6. The molecule has 0 spiro atoms. The highest BCUT2D eigenvalue weighted by Crippen LogP contribution is 2.36. The Morgan fingerprint density at radius 3 is 2.94 bits per heavy atom. The summed E-state index contributed by atoms with van der Waals surface area (Å²) in [7, 11) is 0. The van der Waals surface area contributed by atoms with Crippen LogP contribution in [0.5, 0.6) is 5.75 Å². The van der Waals surface area contributed by atoms with Crippen molar-refractivity contribution in [2.45, 2.75) is 19.3 Å². The average molecular weight is 258 g/mol. The molecule has 1 aromatic carbocycles. The first kappa shape index (κ1) is 11.5. The molecule has 92 valence electrons. The van der Waals surface area contributed by atoms with E-state index >= 15 is 0 Å². The summed E-state index contributed by atoms with van der Waals surface area (Å²) >= 11 is 1.59. The molecule has 0 fully saturated rings. The zero-order valence-electron chi connectivity index (χ0n) is 10.2. The number of rotatable bonds is 2. The first-order valence-corrected chi connectivity index (χ1v) is 7.00. The summed E-state index contributed by atoms with van der Waals surface area (Å²) in [6.07, 6.45) is 0.769. The van der Waals surface area contributed by atoms with Crippen molar-refractivity contribution in [3.8, 4) is 5.75 Å². The number of fused-ring (bicyclic) bond motifs is 1. The van der Waals surface area contributed by atoms with Crippen molar-refractivity contribution in [3.05, 3.63) is 51.7 Å². The van der Waals surface area contributed by atoms with Gasteiger partial charge in [0, 0.05) is 16.5 Å². The monoisotopic (exact) mass is 258 g/mol. The van der Waals surface area contributed by atoms with Crippen molar-refractivity contribution >= 4 is 17.1 Å². The summed E-state index contributed by atoms with van der Waals surface area (Å²) < 4.78 is 5.60. The number of ketones is 1. The molecule has 18 heavy (non-hydrogen) atoms. The maximum atomic E-state index is 12.6. The lowest BCUT2D eigenvalue weighted by molar-refractivity contribution is 0.0933. The molecule has 0 radical (unpaired) electrons. The highest BCUT2D eigenvalue weighted by atomic mass is 32.1. The van der Waals surface area contributed by atoms with Crippen LogP contribution in [-0.4, -0.2) is 12.4 Å². The Kier molecular flexibility index (Phi) is 2.92. The molecule has 1 aliphatic heterocycles. The summed E-state index contributed by atoms with van der Waals surface area (Å²) in [6, 6.07) is 7.85. The van der Waals surface area contributed by atoms with Gasteiger partial charge in [-0.25, -0.2) is 0 Å². The van der Waals surface area contributed by atoms with E-state index in [1.54, 1.807) is 11.3 Å². The number of carbonyl (C=O) groups excluding carboxylic acids is 1. The third-order valence-corrected chi connectivity index (χ3v) is 4.26. The molecule has 0 saturated heterocycles. The van der Waals surface area contributed by atoms with Crippen LogP contribution in [0.1, 0.15) is 33.8 Å². The van der Waals surface area contributed by atoms with E-state index in [0.29, 0.717) is 6.61 Å². The van der Waals surface area contributed by atoms with Crippen LogP contribution in [0.4, 0.5) is 0 Å². The molecule has 1 aromatic heterocycles. The van der Waals surface area contributed by atoms with Crippen molar-refractivity contribution in [2.75, 3.05) is 6.61 Å². The molecule has 0 saturated carbocycles. The van der Waals surface area contributed by atoms with Gasteiger partial charge < -0.3 is 4.74 Å². The highest BCUT2D eigenvalue weighted by molar-refractivity contribution is 7.08. The number of Topliss-reactive ketones (excluding diaryl/α,β-unsaturated/α-hetero) is 1. The first-order chi connectivity index (χ1) is 8.77. The normalized spacial score (nSPS) is 17.9. The van der Waals surface area contributed by atoms with E-state index in [1.165, 1.54) is 0 Å². The Balaban J connectivity index is 2.00. The largest absolute Gasteiger partial charge is 0.493 e. The minimum atomic E-state index is -0.0525. The number of thiophene rings is 1. The SMILES string of the molecule is Cc1cscc1C(=O)C1CCOc2ccccc21. The number of hydrogen-bond acceptors (Lipinski definition) is 3. The van der Waals surface area contributed by atoms with E-state index in [-0.39, 0.29) is 11.7 Å². The molecule has 0 amide bonds. The van der Waals surface area contributed by atoms with Gasteiger partial charge in [-0.1, -0.05) is 18.2 Å². The van der Waals surface area contributed by atoms with Gasteiger partial charge in [-0.15, -0.1) is 0 Å². The van der Waals surface area contributed by atoms with Crippen LogP contribution in [0, 0.1) is 6.92 Å². The molecule has 0 N–H and O–H groups in total. The third-order valence-electron chi connectivity index (χ3n) is 3.40. The summed E-state index contributed by atoms with van der Waals surface area (Å²) in [6.45, 7) is 2.62. The lowest BCUT2D eigenvalue weighted by Crippen LogP contribution is -2.21. The minimum absolute atomic E-state index is 0.0525. The standard InChI is InChI=1S/C15H14O2S/c1-10-8-18-9-13(10)15(16)12-6-7-17-14-5-3-2-4-11(12)14/h2-5,8-9,12H,6-7H2,1H3. The fourth-order valence-electron chi connectivity index (χ4n) is 2.42. The lowest BCUT2D eigenvalue weighted by atomic mass is 9.86. The van der Waals surface area contributed by atoms with Crippen LogP contribution in [0.2, 0.25) is 0 Å². The molecule has 0 aliphatic carbocycles. The average Bonchev–Trinajstić information content (AvgIpc) is 2.83. The first-order valence-electron chi connectivity index (χ1n) is 6.06. The number of para-hydroxylation sites is 1. The van der Waals surface area contributed by atoms with E-state index in [4.69, 9.17) is 4.74 Å². The predicted molar refractivity (Wildman–Crippen MR) is 72.7 cm³/mol. The molecule has 0 bridgehead atoms. The van der Waals surface area contributed by atoms with Gasteiger partial charge in [0.1, 0.15) is 5.75 Å². The molecule has 1 atom stereocenters. The second-order valence-corrected chi connectivity index (χ2v) is 5.30. The summed E-state index contributed by atoms with van der Waals surface area (Å²) in [5.41, 5.74) is 2.97. The second-order valence-electron chi connectivity index (χ2n) is 4.56. The molecule has 1 aliphatic rings. The van der Waals surface area contributed by atoms with Crippen LogP contribution in [0.25, 0.3) is 0 Å². The fourth-order valence-corrected chi connectivity index (χ4v) is 3.25. The Hall–Kier alpha value is -1.61. The molecule has 1 unspecified atom stereocenters. The Morgan fingerprint density at radius 2 is 2.17 bits per heavy atom. The number of hydrogen-bond donors (Lipinski definition) is 0. The van der Waals surface area contributed by atoms with E-state index < -0.39 is 0 Å². The predicted octanol–water partition coefficient (Wildman–Crippen LogP) is 3.81. The molecular weight excluding hydrogens is 244 g/mol. The van der Waals surface area contributed by atoms with Crippen LogP contribution in [0.3, 0.4) is 0 Å². The van der Waals surface area contributed by atoms with E-state index in [1.807, 2.05) is 41.9 Å². The highest BCUT2D eigenvalue weighted by Gasteiger charge is 2.29. The van der Waals surface area contributed by atoms with Gasteiger partial charge in [0.25, 0.3) is 0 Å². The molecule has 2 aromatic rings. The van der Waals surface area contributed by atoms with Gasteiger partial charge in [0.05, 0.1) is 12.5 Å². The number of carbonyl (C=O) groups is 1. The zero-order chi connectivity index (χ0) is 12.5. The molecule has 3 heteroatoms. The van der Waals surface area contributed by atoms with Gasteiger partial charge in [-0.05, 0) is 30.4 Å². The van der Waals surface area contributed by atoms with Crippen molar-refractivity contribution in [1.29, 1.82) is 0 Å². The lowest BCUT2D eigenvalue weighted by Gasteiger charge is -2.24. The summed E-state index contributed by atoms with van der Waals surface area (Å²) in [5.74, 6) is 1.03. The number of ether oxygens (including phenoxy) is 1. The van der Waals surface area contributed by atoms with E-state index in [2.05, 4.69) is 0 Å². The summed E-state index contributed by atoms with van der Waals surface area (Å²) in [5, 5.41) is 3.98. The van der Waals surface area contributed by atoms with Crippen LogP contribution in [0.15, 0.2) is 35.0 Å². The Labute approximate surface area is 110 Å². The van der Waals surface area contributed by atoms with Crippen LogP contribution in [-0.2, 0) is 0 Å². The second kappa shape index (κ2) is 4.58. The van der Waals surface area contributed by atoms with Gasteiger partial charge in [0.15, 0.2) is 5.78 Å². The third kappa shape index (κ3) is 1.85. The van der Waals surface area contributed by atoms with Gasteiger partial charge in [-0.3, -0.25) is 4.79 Å². The van der Waals surface area contributed by atoms with Crippen LogP contribution >= 0.6 is 11.3 Å². The van der Waals surface area contributed by atoms with Gasteiger partial charge >= 0.3 is 0 Å². The van der Waals surface area contributed by atoms with Crippen molar-refractivity contribution < 1.29 is 9.53 Å². The number of aryl methyl sites for hydroxylation is 1. The molecule has 2 heterocycles. The Morgan fingerprint density at radius 1 is 1.33 bits per heavy atom. The topological polar surface area (TPSA) is 26.3 Å². The van der Waals surface area contributed by atoms with Crippen molar-refractivity contribution in [3.63, 3.8) is 0 Å². The Bertz CT molecular complexity index is 586. The fraction of sp³-hybridized carbons (Fsp3) is 0.267. The molecular formula is C15H14O2S. The maximum Gasteiger partial charge on any atom is 0.171 e. The van der Waals surface area contributed by atoms with E-state index in [9.17, 15) is 4.79 Å². The van der Waals surface area contributed by atoms with Crippen LogP contribution < -0.4 is 4.74 Å². The zero-order valence-corrected chi connectivity index (χ0v) is 11.0. The smallest absolute Gasteiger partial charge is 0.171 e. The quantitative estimate of drug-likeness (QED) is 0.766. The van der Waals surface area contributed by atoms with E-state index in [0.717, 1.165) is 28.9 Å². The summed E-state index contributed by atoms with van der Waals surface area (Å²) in [4.78, 5) is 12.6. The van der Waals surface area contributed by atoms with Crippen molar-refractivity contribution in [1.82, 2.24) is 0 Å². The van der Waals surface area contributed by atoms with Gasteiger partial charge in [0.2, 0.25) is 0 Å². The number of benzene rings is 1. The van der Waals surface area contributed by atoms with Gasteiger partial charge in [-0.2, -0.15) is 11.3 Å². The molecule has 2 nitrogen and oxygen atoms in total.